The molecule has 6 heteroatoms. The number of aryl methyl sites for hydroxylation is 1. The van der Waals surface area contributed by atoms with Crippen LogP contribution in [0.2, 0.25) is 0 Å². The SMILES string of the molecule is Cc1cc(/C=C2/NC(=O)N(Cc3ccc(Br)cc3)C2=O)c(C)n1-c1ccc(C23CC4CC(CC(C4)C2)C3)cc1. The second kappa shape index (κ2) is 9.22. The summed E-state index contributed by atoms with van der Waals surface area (Å²) < 4.78 is 3.21. The Kier molecular flexibility index (Phi) is 5.89. The molecule has 1 aromatic heterocycles. The molecule has 3 aromatic rings. The minimum atomic E-state index is -0.386. The van der Waals surface area contributed by atoms with Crippen LogP contribution in [0.5, 0.6) is 0 Å². The van der Waals surface area contributed by atoms with Gasteiger partial charge in [0, 0.05) is 21.5 Å². The monoisotopic (exact) mass is 583 g/mol. The number of rotatable bonds is 5. The van der Waals surface area contributed by atoms with Crippen molar-refractivity contribution in [3.05, 3.63) is 92.8 Å². The molecule has 1 saturated heterocycles. The lowest BCUT2D eigenvalue weighted by molar-refractivity contribution is -0.123. The standard InChI is InChI=1S/C33H34BrN3O2/c1-20-11-26(15-30-31(38)36(32(39)35-30)19-22-3-7-28(34)8-4-22)21(2)37(20)29-9-5-27(6-10-29)33-16-23-12-24(17-33)14-25(13-23)18-33/h3-11,15,23-25H,12-14,16-19H2,1-2H3,(H,35,39)/b30-15+. The van der Waals surface area contributed by atoms with Gasteiger partial charge in [-0.2, -0.15) is 0 Å². The smallest absolute Gasteiger partial charge is 0.318 e. The largest absolute Gasteiger partial charge is 0.329 e. The van der Waals surface area contributed by atoms with Gasteiger partial charge in [0.2, 0.25) is 0 Å². The Morgan fingerprint density at radius 1 is 0.923 bits per heavy atom. The van der Waals surface area contributed by atoms with Crippen molar-refractivity contribution in [3.63, 3.8) is 0 Å². The molecule has 4 aliphatic carbocycles. The van der Waals surface area contributed by atoms with Crippen molar-refractivity contribution in [2.45, 2.75) is 64.3 Å². The van der Waals surface area contributed by atoms with E-state index < -0.39 is 0 Å². The first-order valence-corrected chi connectivity index (χ1v) is 15.0. The van der Waals surface area contributed by atoms with E-state index in [2.05, 4.69) is 70.0 Å². The van der Waals surface area contributed by atoms with E-state index in [4.69, 9.17) is 0 Å². The summed E-state index contributed by atoms with van der Waals surface area (Å²) >= 11 is 3.42. The quantitative estimate of drug-likeness (QED) is 0.251. The number of carbonyl (C=O) groups is 2. The molecule has 39 heavy (non-hydrogen) atoms. The summed E-state index contributed by atoms with van der Waals surface area (Å²) in [5.74, 6) is 2.51. The molecule has 0 spiro atoms. The third kappa shape index (κ3) is 4.28. The number of benzene rings is 2. The highest BCUT2D eigenvalue weighted by Crippen LogP contribution is 2.60. The Morgan fingerprint density at radius 2 is 1.54 bits per heavy atom. The summed E-state index contributed by atoms with van der Waals surface area (Å²) in [5, 5.41) is 2.78. The zero-order valence-corrected chi connectivity index (χ0v) is 24.1. The van der Waals surface area contributed by atoms with Crippen molar-refractivity contribution < 1.29 is 9.59 Å². The van der Waals surface area contributed by atoms with E-state index in [9.17, 15) is 9.59 Å². The number of amides is 3. The van der Waals surface area contributed by atoms with Crippen molar-refractivity contribution in [2.75, 3.05) is 0 Å². The van der Waals surface area contributed by atoms with Crippen LogP contribution in [-0.2, 0) is 16.8 Å². The maximum Gasteiger partial charge on any atom is 0.329 e. The molecule has 0 unspecified atom stereocenters. The average molecular weight is 585 g/mol. The summed E-state index contributed by atoms with van der Waals surface area (Å²) in [5.41, 5.74) is 7.37. The molecule has 200 valence electrons. The van der Waals surface area contributed by atoms with Crippen LogP contribution in [0.3, 0.4) is 0 Å². The Bertz CT molecular complexity index is 1460. The normalized spacial score (nSPS) is 28.5. The molecule has 1 aliphatic heterocycles. The number of aromatic nitrogens is 1. The second-order valence-electron chi connectivity index (χ2n) is 12.4. The molecule has 2 aromatic carbocycles. The number of carbonyl (C=O) groups excluding carboxylic acids is 2. The Hall–Kier alpha value is -3.12. The Morgan fingerprint density at radius 3 is 2.15 bits per heavy atom. The molecule has 0 radical (unpaired) electrons. The van der Waals surface area contributed by atoms with Gasteiger partial charge in [0.25, 0.3) is 5.91 Å². The lowest BCUT2D eigenvalue weighted by atomic mass is 9.48. The van der Waals surface area contributed by atoms with Crippen molar-refractivity contribution >= 4 is 33.9 Å². The zero-order chi connectivity index (χ0) is 26.9. The number of halogens is 1. The summed E-state index contributed by atoms with van der Waals surface area (Å²) in [4.78, 5) is 27.0. The van der Waals surface area contributed by atoms with Gasteiger partial charge < -0.3 is 9.88 Å². The maximum atomic E-state index is 13.1. The Balaban J connectivity index is 1.13. The van der Waals surface area contributed by atoms with Gasteiger partial charge in [-0.3, -0.25) is 9.69 Å². The fraction of sp³-hybridized carbons (Fsp3) is 0.394. The van der Waals surface area contributed by atoms with Crippen molar-refractivity contribution in [3.8, 4) is 5.69 Å². The first-order valence-electron chi connectivity index (χ1n) is 14.2. The van der Waals surface area contributed by atoms with E-state index >= 15 is 0 Å². The average Bonchev–Trinajstić information content (AvgIpc) is 3.33. The Labute approximate surface area is 238 Å². The van der Waals surface area contributed by atoms with Gasteiger partial charge in [0.05, 0.1) is 6.54 Å². The molecule has 8 rings (SSSR count). The topological polar surface area (TPSA) is 54.3 Å². The number of hydrogen-bond donors (Lipinski definition) is 1. The van der Waals surface area contributed by atoms with E-state index in [1.165, 1.54) is 49.0 Å². The van der Waals surface area contributed by atoms with Crippen LogP contribution in [0.1, 0.15) is 66.6 Å². The van der Waals surface area contributed by atoms with Crippen LogP contribution in [-0.4, -0.2) is 21.4 Å². The summed E-state index contributed by atoms with van der Waals surface area (Å²) in [6.45, 7) is 4.41. The van der Waals surface area contributed by atoms with Gasteiger partial charge in [-0.15, -0.1) is 0 Å². The molecule has 4 saturated carbocycles. The molecule has 0 atom stereocenters. The number of nitrogens with one attached hydrogen (secondary N) is 1. The summed E-state index contributed by atoms with van der Waals surface area (Å²) in [6.07, 6.45) is 10.3. The third-order valence-electron chi connectivity index (χ3n) is 9.76. The van der Waals surface area contributed by atoms with Crippen molar-refractivity contribution in [2.24, 2.45) is 17.8 Å². The fourth-order valence-corrected chi connectivity index (χ4v) is 8.67. The molecule has 5 fully saturated rings. The van der Waals surface area contributed by atoms with Crippen LogP contribution >= 0.6 is 15.9 Å². The first kappa shape index (κ1) is 24.9. The summed E-state index contributed by atoms with van der Waals surface area (Å²) in [6, 6.07) is 18.6. The number of nitrogens with zero attached hydrogens (tertiary/aromatic N) is 2. The van der Waals surface area contributed by atoms with E-state index in [-0.39, 0.29) is 18.5 Å². The maximum absolute atomic E-state index is 13.1. The van der Waals surface area contributed by atoms with Crippen LogP contribution in [0.25, 0.3) is 11.8 Å². The van der Waals surface area contributed by atoms with Crippen molar-refractivity contribution in [1.29, 1.82) is 0 Å². The molecule has 1 N–H and O–H groups in total. The molecule has 5 aliphatic rings. The van der Waals surface area contributed by atoms with Gasteiger partial charge in [0.1, 0.15) is 5.70 Å². The van der Waals surface area contributed by atoms with E-state index in [1.54, 1.807) is 0 Å². The van der Waals surface area contributed by atoms with Crippen LogP contribution in [0.15, 0.2) is 64.8 Å². The molecular formula is C33H34BrN3O2. The zero-order valence-electron chi connectivity index (χ0n) is 22.5. The molecular weight excluding hydrogens is 550 g/mol. The van der Waals surface area contributed by atoms with Crippen LogP contribution in [0.4, 0.5) is 4.79 Å². The molecule has 4 bridgehead atoms. The minimum Gasteiger partial charge on any atom is -0.318 e. The van der Waals surface area contributed by atoms with Gasteiger partial charge in [-0.05, 0) is 129 Å². The van der Waals surface area contributed by atoms with E-state index in [0.29, 0.717) is 11.1 Å². The highest BCUT2D eigenvalue weighted by Gasteiger charge is 2.51. The lowest BCUT2D eigenvalue weighted by Crippen LogP contribution is -2.48. The molecule has 5 nitrogen and oxygen atoms in total. The molecule has 2 heterocycles. The molecule has 3 amide bonds. The summed E-state index contributed by atoms with van der Waals surface area (Å²) in [7, 11) is 0. The van der Waals surface area contributed by atoms with Gasteiger partial charge >= 0.3 is 6.03 Å². The van der Waals surface area contributed by atoms with Crippen molar-refractivity contribution in [1.82, 2.24) is 14.8 Å². The van der Waals surface area contributed by atoms with Gasteiger partial charge in [0.15, 0.2) is 0 Å². The van der Waals surface area contributed by atoms with Crippen LogP contribution < -0.4 is 5.32 Å². The van der Waals surface area contributed by atoms with Crippen LogP contribution in [0, 0.1) is 31.6 Å². The number of urea groups is 1. The fourth-order valence-electron chi connectivity index (χ4n) is 8.40. The van der Waals surface area contributed by atoms with E-state index in [0.717, 1.165) is 50.4 Å². The lowest BCUT2D eigenvalue weighted by Gasteiger charge is -2.57. The third-order valence-corrected chi connectivity index (χ3v) is 10.3. The van der Waals surface area contributed by atoms with E-state index in [1.807, 2.05) is 30.3 Å². The van der Waals surface area contributed by atoms with Gasteiger partial charge in [-0.1, -0.05) is 40.2 Å². The predicted molar refractivity (Wildman–Crippen MR) is 156 cm³/mol. The number of imide groups is 1. The predicted octanol–water partition coefficient (Wildman–Crippen LogP) is 7.42. The highest BCUT2D eigenvalue weighted by molar-refractivity contribution is 9.10. The minimum absolute atomic E-state index is 0.240. The second-order valence-corrected chi connectivity index (χ2v) is 13.3. The number of hydrogen-bond acceptors (Lipinski definition) is 2. The first-order chi connectivity index (χ1) is 18.8. The highest BCUT2D eigenvalue weighted by atomic mass is 79.9. The van der Waals surface area contributed by atoms with Gasteiger partial charge in [-0.25, -0.2) is 4.79 Å².